The van der Waals surface area contributed by atoms with Gasteiger partial charge in [-0.15, -0.1) is 33.1 Å². The molecule has 186 valence electrons. The summed E-state index contributed by atoms with van der Waals surface area (Å²) < 4.78 is 0. The monoisotopic (exact) mass is 509 g/mol. The molecular weight excluding hydrogens is 477 g/mol. The highest BCUT2D eigenvalue weighted by molar-refractivity contribution is 6.18. The molecule has 11 heteroatoms. The van der Waals surface area contributed by atoms with E-state index in [1.165, 1.54) is 6.21 Å². The SMILES string of the molecule is CC1(C)CC(NC(=O)c2n[nH]n(N=Cc3ccc(N(CCCl)CCCl)cc3)c2=O)CC(C)(C)N1. The molecule has 3 rings (SSSR count). The van der Waals surface area contributed by atoms with Gasteiger partial charge in [0.25, 0.3) is 5.91 Å². The Bertz CT molecular complexity index is 1040. The van der Waals surface area contributed by atoms with E-state index in [1.807, 2.05) is 24.3 Å². The lowest BCUT2D eigenvalue weighted by Crippen LogP contribution is -2.62. The second kappa shape index (κ2) is 10.9. The molecular formula is C23H33Cl2N7O2. The van der Waals surface area contributed by atoms with E-state index in [9.17, 15) is 9.59 Å². The number of hydrogen-bond acceptors (Lipinski definition) is 6. The van der Waals surface area contributed by atoms with Gasteiger partial charge in [-0.05, 0) is 58.2 Å². The number of carbonyl (C=O) groups is 1. The summed E-state index contributed by atoms with van der Waals surface area (Å²) in [6, 6.07) is 7.57. The van der Waals surface area contributed by atoms with Gasteiger partial charge < -0.3 is 15.5 Å². The van der Waals surface area contributed by atoms with Crippen LogP contribution in [0.5, 0.6) is 0 Å². The molecule has 0 unspecified atom stereocenters. The molecule has 9 nitrogen and oxygen atoms in total. The van der Waals surface area contributed by atoms with Crippen molar-refractivity contribution in [3.63, 3.8) is 0 Å². The molecule has 0 spiro atoms. The quantitative estimate of drug-likeness (QED) is 0.355. The average Bonchev–Trinajstić information content (AvgIpc) is 3.10. The normalized spacial score (nSPS) is 17.7. The van der Waals surface area contributed by atoms with Crippen LogP contribution in [0.2, 0.25) is 0 Å². The van der Waals surface area contributed by atoms with Gasteiger partial charge in [0.2, 0.25) is 5.69 Å². The van der Waals surface area contributed by atoms with Crippen molar-refractivity contribution in [1.29, 1.82) is 0 Å². The number of carbonyl (C=O) groups excluding carboxylic acids is 1. The van der Waals surface area contributed by atoms with Crippen molar-refractivity contribution in [2.75, 3.05) is 29.7 Å². The van der Waals surface area contributed by atoms with Gasteiger partial charge in [-0.2, -0.15) is 10.3 Å². The van der Waals surface area contributed by atoms with Crippen LogP contribution in [-0.4, -0.2) is 69.2 Å². The molecule has 1 aromatic heterocycles. The van der Waals surface area contributed by atoms with Crippen molar-refractivity contribution in [3.05, 3.63) is 45.9 Å². The Balaban J connectivity index is 1.67. The second-order valence-electron chi connectivity index (χ2n) is 9.85. The number of nitrogens with zero attached hydrogens (tertiary/aromatic N) is 4. The topological polar surface area (TPSA) is 107 Å². The second-order valence-corrected chi connectivity index (χ2v) is 10.6. The third kappa shape index (κ3) is 6.84. The lowest BCUT2D eigenvalue weighted by molar-refractivity contribution is 0.0867. The molecule has 2 heterocycles. The number of rotatable bonds is 9. The van der Waals surface area contributed by atoms with Gasteiger partial charge in [0.05, 0.1) is 6.21 Å². The predicted molar refractivity (Wildman–Crippen MR) is 138 cm³/mol. The first kappa shape index (κ1) is 26.2. The van der Waals surface area contributed by atoms with Gasteiger partial charge in [0.1, 0.15) is 0 Å². The maximum atomic E-state index is 12.7. The summed E-state index contributed by atoms with van der Waals surface area (Å²) >= 11 is 11.7. The molecule has 0 radical (unpaired) electrons. The number of benzene rings is 1. The molecule has 0 bridgehead atoms. The molecule has 1 aliphatic heterocycles. The summed E-state index contributed by atoms with van der Waals surface area (Å²) in [5.41, 5.74) is 0.715. The van der Waals surface area contributed by atoms with Crippen molar-refractivity contribution < 1.29 is 4.79 Å². The lowest BCUT2D eigenvalue weighted by Gasteiger charge is -2.46. The zero-order chi connectivity index (χ0) is 24.9. The third-order valence-electron chi connectivity index (χ3n) is 5.68. The van der Waals surface area contributed by atoms with Crippen molar-refractivity contribution in [2.45, 2.75) is 57.7 Å². The highest BCUT2D eigenvalue weighted by Crippen LogP contribution is 2.28. The van der Waals surface area contributed by atoms with Gasteiger partial charge in [-0.1, -0.05) is 12.1 Å². The number of H-pyrrole nitrogens is 1. The summed E-state index contributed by atoms with van der Waals surface area (Å²) in [7, 11) is 0. The smallest absolute Gasteiger partial charge is 0.320 e. The van der Waals surface area contributed by atoms with E-state index < -0.39 is 11.5 Å². The van der Waals surface area contributed by atoms with E-state index in [0.29, 0.717) is 24.8 Å². The van der Waals surface area contributed by atoms with E-state index in [4.69, 9.17) is 23.2 Å². The Kier molecular flexibility index (Phi) is 8.43. The first-order valence-corrected chi connectivity index (χ1v) is 12.4. The Morgan fingerprint density at radius 3 is 2.32 bits per heavy atom. The first-order chi connectivity index (χ1) is 16.0. The van der Waals surface area contributed by atoms with E-state index >= 15 is 0 Å². The van der Waals surface area contributed by atoms with Crippen LogP contribution in [0.1, 0.15) is 56.6 Å². The van der Waals surface area contributed by atoms with E-state index in [0.717, 1.165) is 28.9 Å². The van der Waals surface area contributed by atoms with Gasteiger partial charge in [0, 0.05) is 47.7 Å². The van der Waals surface area contributed by atoms with Crippen LogP contribution in [0.4, 0.5) is 5.69 Å². The van der Waals surface area contributed by atoms with Crippen LogP contribution in [0.25, 0.3) is 0 Å². The molecule has 1 amide bonds. The average molecular weight is 510 g/mol. The third-order valence-corrected chi connectivity index (χ3v) is 6.02. The lowest BCUT2D eigenvalue weighted by atomic mass is 9.79. The number of nitrogens with one attached hydrogen (secondary N) is 3. The molecule has 3 N–H and O–H groups in total. The van der Waals surface area contributed by atoms with Crippen molar-refractivity contribution >= 4 is 41.0 Å². The fraction of sp³-hybridized carbons (Fsp3) is 0.565. The van der Waals surface area contributed by atoms with Crippen LogP contribution in [0.3, 0.4) is 0 Å². The Labute approximate surface area is 209 Å². The van der Waals surface area contributed by atoms with E-state index in [-0.39, 0.29) is 22.8 Å². The number of piperidine rings is 1. The van der Waals surface area contributed by atoms with Crippen LogP contribution in [0.15, 0.2) is 34.2 Å². The summed E-state index contributed by atoms with van der Waals surface area (Å²) in [4.78, 5) is 28.5. The summed E-state index contributed by atoms with van der Waals surface area (Å²) in [6.07, 6.45) is 3.03. The minimum Gasteiger partial charge on any atom is -0.369 e. The van der Waals surface area contributed by atoms with Crippen LogP contribution in [0, 0.1) is 0 Å². The largest absolute Gasteiger partial charge is 0.369 e. The number of aromatic nitrogens is 3. The molecule has 0 aliphatic carbocycles. The van der Waals surface area contributed by atoms with Gasteiger partial charge >= 0.3 is 5.56 Å². The minimum absolute atomic E-state index is 0.0671. The van der Waals surface area contributed by atoms with Crippen molar-refractivity contribution in [3.8, 4) is 0 Å². The molecule has 1 aliphatic rings. The van der Waals surface area contributed by atoms with Crippen LogP contribution >= 0.6 is 23.2 Å². The number of amides is 1. The predicted octanol–water partition coefficient (Wildman–Crippen LogP) is 2.78. The van der Waals surface area contributed by atoms with E-state index in [1.54, 1.807) is 0 Å². The van der Waals surface area contributed by atoms with Gasteiger partial charge in [0.15, 0.2) is 0 Å². The fourth-order valence-corrected chi connectivity index (χ4v) is 5.07. The fourth-order valence-electron chi connectivity index (χ4n) is 4.66. The number of hydrogen-bond donors (Lipinski definition) is 3. The highest BCUT2D eigenvalue weighted by Gasteiger charge is 2.38. The van der Waals surface area contributed by atoms with Crippen LogP contribution < -0.4 is 21.1 Å². The zero-order valence-corrected chi connectivity index (χ0v) is 21.6. The number of halogens is 2. The van der Waals surface area contributed by atoms with Gasteiger partial charge in [-0.25, -0.2) is 0 Å². The molecule has 1 aromatic carbocycles. The maximum Gasteiger partial charge on any atom is 0.320 e. The molecule has 0 atom stereocenters. The Hall–Kier alpha value is -2.36. The minimum atomic E-state index is -0.603. The highest BCUT2D eigenvalue weighted by atomic mass is 35.5. The molecule has 34 heavy (non-hydrogen) atoms. The standard InChI is InChI=1S/C23H33Cl2N7O2/c1-22(2)13-17(14-23(3,4)29-22)27-20(33)19-21(34)32(30-28-19)26-15-16-5-7-18(8-6-16)31(11-9-24)12-10-25/h5-8,15,17,29-30H,9-14H2,1-4H3,(H,27,33). The first-order valence-electron chi connectivity index (χ1n) is 11.3. The summed E-state index contributed by atoms with van der Waals surface area (Å²) in [5.74, 6) is 0.509. The molecule has 0 saturated carbocycles. The Morgan fingerprint density at radius 2 is 1.76 bits per heavy atom. The number of anilines is 1. The molecule has 1 saturated heterocycles. The van der Waals surface area contributed by atoms with Crippen molar-refractivity contribution in [2.24, 2.45) is 5.10 Å². The maximum absolute atomic E-state index is 12.7. The number of alkyl halides is 2. The number of aromatic amines is 1. The summed E-state index contributed by atoms with van der Waals surface area (Å²) in [5, 5.41) is 17.1. The van der Waals surface area contributed by atoms with Crippen LogP contribution in [-0.2, 0) is 0 Å². The summed E-state index contributed by atoms with van der Waals surface area (Å²) in [6.45, 7) is 9.80. The zero-order valence-electron chi connectivity index (χ0n) is 20.1. The molecule has 2 aromatic rings. The van der Waals surface area contributed by atoms with Crippen molar-refractivity contribution in [1.82, 2.24) is 25.7 Å². The Morgan fingerprint density at radius 1 is 1.18 bits per heavy atom. The van der Waals surface area contributed by atoms with E-state index in [2.05, 4.69) is 58.6 Å². The van der Waals surface area contributed by atoms with Gasteiger partial charge in [-0.3, -0.25) is 9.59 Å². The molecule has 1 fully saturated rings.